The van der Waals surface area contributed by atoms with Crippen LogP contribution in [0.4, 0.5) is 5.82 Å². The summed E-state index contributed by atoms with van der Waals surface area (Å²) in [4.78, 5) is 20.7. The molecule has 1 aliphatic heterocycles. The van der Waals surface area contributed by atoms with Crippen molar-refractivity contribution in [2.45, 2.75) is 97.9 Å². The zero-order valence-electron chi connectivity index (χ0n) is 24.4. The van der Waals surface area contributed by atoms with Crippen molar-refractivity contribution in [3.63, 3.8) is 0 Å². The highest BCUT2D eigenvalue weighted by atomic mass is 16.5. The molecule has 1 spiro atoms. The van der Waals surface area contributed by atoms with Gasteiger partial charge in [0.2, 0.25) is 0 Å². The van der Waals surface area contributed by atoms with Crippen molar-refractivity contribution >= 4 is 17.6 Å². The Morgan fingerprint density at radius 1 is 1.05 bits per heavy atom. The van der Waals surface area contributed by atoms with E-state index in [9.17, 15) is 4.79 Å². The van der Waals surface area contributed by atoms with E-state index in [1.807, 2.05) is 25.7 Å². The van der Waals surface area contributed by atoms with Crippen LogP contribution in [-0.2, 0) is 29.2 Å². The van der Waals surface area contributed by atoms with Crippen molar-refractivity contribution in [1.82, 2.24) is 10.1 Å². The predicted molar refractivity (Wildman–Crippen MR) is 159 cm³/mol. The normalized spacial score (nSPS) is 16.2. The number of carbonyl (C=O) groups excluding carboxylic acids is 1. The van der Waals surface area contributed by atoms with E-state index >= 15 is 0 Å². The fraction of sp³-hybridized carbons (Fsp3) is 0.485. The van der Waals surface area contributed by atoms with E-state index in [0.717, 1.165) is 90.2 Å². The number of benzene rings is 2. The molecule has 1 aromatic heterocycles. The summed E-state index contributed by atoms with van der Waals surface area (Å²) in [6.07, 6.45) is 6.92. The fourth-order valence-electron chi connectivity index (χ4n) is 5.92. The van der Waals surface area contributed by atoms with Crippen LogP contribution >= 0.6 is 0 Å². The summed E-state index contributed by atoms with van der Waals surface area (Å²) in [5.41, 5.74) is 6.20. The van der Waals surface area contributed by atoms with Gasteiger partial charge in [-0.25, -0.2) is 0 Å². The maximum absolute atomic E-state index is 13.7. The Kier molecular flexibility index (Phi) is 8.69. The first-order chi connectivity index (χ1) is 19.5. The van der Waals surface area contributed by atoms with Crippen LogP contribution in [0.5, 0.6) is 0 Å². The van der Waals surface area contributed by atoms with E-state index in [2.05, 4.69) is 59.9 Å². The summed E-state index contributed by atoms with van der Waals surface area (Å²) in [7, 11) is 0. The molecule has 2 aromatic carbocycles. The van der Waals surface area contributed by atoms with Gasteiger partial charge in [-0.15, -0.1) is 0 Å². The van der Waals surface area contributed by atoms with Gasteiger partial charge in [0.05, 0.1) is 13.2 Å². The lowest BCUT2D eigenvalue weighted by Crippen LogP contribution is -2.40. The number of hydrogen-bond donors (Lipinski definition) is 1. The standard InChI is InChI=1S/C33H42N4O3/c1-5-7-14-30-35-33(17-10-11-18-33)32(38)37(30)21-25-15-16-29(27(19-25)22-39-6-2)28-13-9-8-12-26(28)20-34-31-23(3)24(4)40-36-31/h8-9,12-13,15-16,19H,5-7,10-11,14,17-18,20-22H2,1-4H3,(H,34,36). The molecule has 1 amide bonds. The number of unbranched alkanes of at least 4 members (excludes halogenated alkanes) is 1. The smallest absolute Gasteiger partial charge is 0.256 e. The minimum Gasteiger partial charge on any atom is -0.377 e. The fourth-order valence-corrected chi connectivity index (χ4v) is 5.92. The average Bonchev–Trinajstić information content (AvgIpc) is 3.65. The highest BCUT2D eigenvalue weighted by Crippen LogP contribution is 2.40. The van der Waals surface area contributed by atoms with Gasteiger partial charge in [-0.05, 0) is 67.9 Å². The van der Waals surface area contributed by atoms with Crippen molar-refractivity contribution in [2.75, 3.05) is 11.9 Å². The van der Waals surface area contributed by atoms with Crippen molar-refractivity contribution in [2.24, 2.45) is 4.99 Å². The molecule has 1 aliphatic carbocycles. The zero-order chi connectivity index (χ0) is 28.1. The molecular weight excluding hydrogens is 500 g/mol. The quantitative estimate of drug-likeness (QED) is 0.259. The van der Waals surface area contributed by atoms with Crippen LogP contribution in [0.3, 0.4) is 0 Å². The number of nitrogens with zero attached hydrogens (tertiary/aromatic N) is 3. The Balaban J connectivity index is 1.42. The van der Waals surface area contributed by atoms with Gasteiger partial charge >= 0.3 is 0 Å². The lowest BCUT2D eigenvalue weighted by molar-refractivity contribution is -0.131. The molecule has 5 rings (SSSR count). The van der Waals surface area contributed by atoms with E-state index in [4.69, 9.17) is 14.3 Å². The van der Waals surface area contributed by atoms with Gasteiger partial charge in [0.15, 0.2) is 5.82 Å². The molecule has 1 saturated carbocycles. The third-order valence-electron chi connectivity index (χ3n) is 8.37. The highest BCUT2D eigenvalue weighted by molar-refractivity contribution is 6.08. The molecule has 0 saturated heterocycles. The molecular formula is C33H42N4O3. The van der Waals surface area contributed by atoms with Crippen LogP contribution < -0.4 is 5.32 Å². The van der Waals surface area contributed by atoms with Gasteiger partial charge in [0.25, 0.3) is 5.91 Å². The molecule has 1 N–H and O–H groups in total. The van der Waals surface area contributed by atoms with Gasteiger partial charge in [0.1, 0.15) is 17.1 Å². The topological polar surface area (TPSA) is 80.0 Å². The number of ether oxygens (including phenoxy) is 1. The molecule has 212 valence electrons. The van der Waals surface area contributed by atoms with E-state index < -0.39 is 5.54 Å². The molecule has 0 bridgehead atoms. The van der Waals surface area contributed by atoms with Gasteiger partial charge in [-0.1, -0.05) is 73.8 Å². The number of aliphatic imine (C=N–C) groups is 1. The molecule has 1 fully saturated rings. The molecule has 2 aliphatic rings. The van der Waals surface area contributed by atoms with Crippen LogP contribution in [0.2, 0.25) is 0 Å². The van der Waals surface area contributed by atoms with Gasteiger partial charge < -0.3 is 14.6 Å². The first kappa shape index (κ1) is 28.1. The number of anilines is 1. The maximum Gasteiger partial charge on any atom is 0.256 e. The second-order valence-corrected chi connectivity index (χ2v) is 11.1. The van der Waals surface area contributed by atoms with E-state index in [1.165, 1.54) is 5.56 Å². The summed E-state index contributed by atoms with van der Waals surface area (Å²) >= 11 is 0. The van der Waals surface area contributed by atoms with E-state index in [1.54, 1.807) is 0 Å². The lowest BCUT2D eigenvalue weighted by atomic mass is 9.93. The third kappa shape index (κ3) is 5.71. The van der Waals surface area contributed by atoms with Gasteiger partial charge in [-0.2, -0.15) is 0 Å². The lowest BCUT2D eigenvalue weighted by Gasteiger charge is -2.23. The highest BCUT2D eigenvalue weighted by Gasteiger charge is 2.49. The van der Waals surface area contributed by atoms with Gasteiger partial charge in [0, 0.05) is 25.1 Å². The summed E-state index contributed by atoms with van der Waals surface area (Å²) in [5.74, 6) is 2.76. The summed E-state index contributed by atoms with van der Waals surface area (Å²) < 4.78 is 11.3. The molecule has 40 heavy (non-hydrogen) atoms. The molecule has 0 radical (unpaired) electrons. The Bertz CT molecular complexity index is 1370. The van der Waals surface area contributed by atoms with Crippen molar-refractivity contribution in [3.05, 3.63) is 70.5 Å². The van der Waals surface area contributed by atoms with E-state index in [-0.39, 0.29) is 5.91 Å². The Labute approximate surface area is 238 Å². The first-order valence-corrected chi connectivity index (χ1v) is 14.8. The van der Waals surface area contributed by atoms with Crippen LogP contribution in [0, 0.1) is 13.8 Å². The zero-order valence-corrected chi connectivity index (χ0v) is 24.4. The Morgan fingerprint density at radius 3 is 2.55 bits per heavy atom. The van der Waals surface area contributed by atoms with Gasteiger partial charge in [-0.3, -0.25) is 14.7 Å². The molecule has 0 unspecified atom stereocenters. The molecule has 2 heterocycles. The largest absolute Gasteiger partial charge is 0.377 e. The average molecular weight is 543 g/mol. The number of aromatic nitrogens is 1. The number of carbonyl (C=O) groups is 1. The summed E-state index contributed by atoms with van der Waals surface area (Å²) in [5, 5.41) is 7.60. The Hall–Kier alpha value is -3.45. The minimum atomic E-state index is -0.510. The second kappa shape index (κ2) is 12.4. The number of aryl methyl sites for hydroxylation is 1. The monoisotopic (exact) mass is 542 g/mol. The van der Waals surface area contributed by atoms with Crippen molar-refractivity contribution < 1.29 is 14.1 Å². The summed E-state index contributed by atoms with van der Waals surface area (Å²) in [6.45, 7) is 10.5. The number of amides is 1. The SMILES string of the molecule is CCCCC1=NC2(CCCC2)C(=O)N1Cc1ccc(-c2ccccc2CNc2noc(C)c2C)c(COCC)c1. The number of rotatable bonds is 12. The molecule has 7 heteroatoms. The van der Waals surface area contributed by atoms with Crippen LogP contribution in [0.15, 0.2) is 52.0 Å². The van der Waals surface area contributed by atoms with Crippen molar-refractivity contribution in [3.8, 4) is 11.1 Å². The third-order valence-corrected chi connectivity index (χ3v) is 8.37. The first-order valence-electron chi connectivity index (χ1n) is 14.8. The maximum atomic E-state index is 13.7. The predicted octanol–water partition coefficient (Wildman–Crippen LogP) is 7.35. The number of hydrogen-bond acceptors (Lipinski definition) is 6. The Morgan fingerprint density at radius 2 is 1.82 bits per heavy atom. The van der Waals surface area contributed by atoms with E-state index in [0.29, 0.717) is 26.3 Å². The van der Waals surface area contributed by atoms with Crippen LogP contribution in [0.1, 0.15) is 86.8 Å². The number of nitrogens with one attached hydrogen (secondary N) is 1. The summed E-state index contributed by atoms with van der Waals surface area (Å²) in [6, 6.07) is 15.0. The minimum absolute atomic E-state index is 0.196. The van der Waals surface area contributed by atoms with Crippen molar-refractivity contribution in [1.29, 1.82) is 0 Å². The molecule has 3 aromatic rings. The molecule has 7 nitrogen and oxygen atoms in total. The number of amidine groups is 1. The van der Waals surface area contributed by atoms with Crippen LogP contribution in [0.25, 0.3) is 11.1 Å². The van der Waals surface area contributed by atoms with Crippen LogP contribution in [-0.4, -0.2) is 33.9 Å². The molecule has 0 atom stereocenters. The second-order valence-electron chi connectivity index (χ2n) is 11.1.